The van der Waals surface area contributed by atoms with Crippen LogP contribution in [0.2, 0.25) is 0 Å². The van der Waals surface area contributed by atoms with Crippen LogP contribution in [0.5, 0.6) is 0 Å². The fourth-order valence-electron chi connectivity index (χ4n) is 0.213. The molecule has 0 bridgehead atoms. The lowest BCUT2D eigenvalue weighted by atomic mass is 10.1. The Kier molecular flexibility index (Phi) is 1.42. The van der Waals surface area contributed by atoms with Gasteiger partial charge in [-0.25, -0.2) is 0 Å². The average Bonchev–Trinajstić information content (AvgIpc) is 2.00. The summed E-state index contributed by atoms with van der Waals surface area (Å²) in [4.78, 5) is 10.4. The second-order valence-corrected chi connectivity index (χ2v) is 1.26. The van der Waals surface area contributed by atoms with E-state index in [1.807, 2.05) is 0 Å². The van der Waals surface area contributed by atoms with Crippen molar-refractivity contribution < 1.29 is 33.4 Å². The number of hydrogen-bond donors (Lipinski definition) is 4. The van der Waals surface area contributed by atoms with Crippen molar-refractivity contribution in [1.82, 2.24) is 0 Å². The van der Waals surface area contributed by atoms with Crippen molar-refractivity contribution in [2.24, 2.45) is 0 Å². The maximum absolute atomic E-state index is 10.4. The normalized spacial score (nSPS) is 39.2. The van der Waals surface area contributed by atoms with Gasteiger partial charge in [0.05, 0.1) is 13.4 Å². The monoisotopic (exact) mass is 156 g/mol. The highest BCUT2D eigenvalue weighted by Gasteiger charge is 2.22. The maximum atomic E-state index is 10.4. The number of rotatable bonds is 4. The third-order valence-corrected chi connectivity index (χ3v) is 0.651. The molecule has 0 fully saturated rings. The molecule has 10 heavy (non-hydrogen) atoms. The van der Waals surface area contributed by atoms with Gasteiger partial charge in [-0.15, -0.1) is 0 Å². The molecule has 5 nitrogen and oxygen atoms in total. The zero-order valence-electron chi connectivity index (χ0n) is 10.7. The van der Waals surface area contributed by atoms with Gasteiger partial charge in [-0.05, 0) is 0 Å². The molecule has 0 radical (unpaired) electrons. The Morgan fingerprint density at radius 3 is 2.50 bits per heavy atom. The molecule has 60 valence electrons. The van der Waals surface area contributed by atoms with Crippen LogP contribution in [0.25, 0.3) is 0 Å². The molecule has 0 saturated heterocycles. The molecule has 5 heteroatoms. The van der Waals surface area contributed by atoms with Crippen molar-refractivity contribution in [2.75, 3.05) is 6.56 Å². The van der Waals surface area contributed by atoms with E-state index in [9.17, 15) is 4.79 Å². The molecule has 4 N–H and O–H groups in total. The topological polar surface area (TPSA) is 98.0 Å². The standard InChI is InChI=1S/C5H10O5/c6-1-3(8)5(10)4(9)2-7/h1,3-5,7-10H,2H2/t3-,4-,5+/m1/s1/i1D,2D2,3D,4D,5D. The van der Waals surface area contributed by atoms with Gasteiger partial charge in [0, 0.05) is 0 Å². The highest BCUT2D eigenvalue weighted by atomic mass is 16.4. The summed E-state index contributed by atoms with van der Waals surface area (Å²) in [5.41, 5.74) is 0. The maximum Gasteiger partial charge on any atom is 0.151 e. The number of carbonyl (C=O) groups excluding carboxylic acids is 1. The first kappa shape index (κ1) is 3.27. The Morgan fingerprint density at radius 2 is 2.20 bits per heavy atom. The number of aldehydes is 1. The Hall–Kier alpha value is -0.490. The van der Waals surface area contributed by atoms with Crippen molar-refractivity contribution in [1.29, 1.82) is 0 Å². The minimum absolute atomic E-state index is 2.25. The van der Waals surface area contributed by atoms with Crippen LogP contribution in [0, 0.1) is 0 Å². The summed E-state index contributed by atoms with van der Waals surface area (Å²) >= 11 is 0. The zero-order chi connectivity index (χ0) is 13.6. The van der Waals surface area contributed by atoms with E-state index in [-0.39, 0.29) is 0 Å². The van der Waals surface area contributed by atoms with Crippen LogP contribution in [-0.4, -0.2) is 51.5 Å². The van der Waals surface area contributed by atoms with Crippen LogP contribution in [0.4, 0.5) is 0 Å². The van der Waals surface area contributed by atoms with Gasteiger partial charge >= 0.3 is 0 Å². The lowest BCUT2D eigenvalue weighted by molar-refractivity contribution is -0.127. The SMILES string of the molecule is [2H]C(=O)[C@@]([2H])(O)[C@]([2H])(O)[C@]([2H])(O)C([2H])([2H])O. The summed E-state index contributed by atoms with van der Waals surface area (Å²) in [6.07, 6.45) is -14.5. The van der Waals surface area contributed by atoms with E-state index in [1.165, 1.54) is 0 Å². The van der Waals surface area contributed by atoms with E-state index in [0.717, 1.165) is 0 Å². The summed E-state index contributed by atoms with van der Waals surface area (Å²) in [5.74, 6) is 0. The predicted molar refractivity (Wildman–Crippen MR) is 31.2 cm³/mol. The molecule has 0 unspecified atom stereocenters. The van der Waals surface area contributed by atoms with Crippen molar-refractivity contribution in [3.05, 3.63) is 0 Å². The van der Waals surface area contributed by atoms with Gasteiger partial charge in [0.25, 0.3) is 0 Å². The number of aliphatic hydroxyl groups is 4. The van der Waals surface area contributed by atoms with E-state index in [4.69, 9.17) is 28.7 Å². The Morgan fingerprint density at radius 1 is 1.70 bits per heavy atom. The van der Waals surface area contributed by atoms with Gasteiger partial charge in [-0.2, -0.15) is 0 Å². The van der Waals surface area contributed by atoms with Crippen molar-refractivity contribution >= 4 is 6.26 Å². The van der Waals surface area contributed by atoms with E-state index < -0.39 is 31.1 Å². The van der Waals surface area contributed by atoms with Gasteiger partial charge in [-0.3, -0.25) is 0 Å². The summed E-state index contributed by atoms with van der Waals surface area (Å²) in [6, 6.07) is 0. The van der Waals surface area contributed by atoms with Crippen LogP contribution < -0.4 is 0 Å². The average molecular weight is 156 g/mol. The van der Waals surface area contributed by atoms with Gasteiger partial charge in [0.1, 0.15) is 19.6 Å². The van der Waals surface area contributed by atoms with Gasteiger partial charge < -0.3 is 25.2 Å². The summed E-state index contributed by atoms with van der Waals surface area (Å²) in [6.45, 7) is -3.91. The van der Waals surface area contributed by atoms with E-state index in [0.29, 0.717) is 0 Å². The molecule has 0 aliphatic rings. The van der Waals surface area contributed by atoms with Gasteiger partial charge in [-0.1, -0.05) is 0 Å². The van der Waals surface area contributed by atoms with Crippen LogP contribution in [0.15, 0.2) is 0 Å². The lowest BCUT2D eigenvalue weighted by Crippen LogP contribution is -2.40. The van der Waals surface area contributed by atoms with Gasteiger partial charge in [0.2, 0.25) is 0 Å². The van der Waals surface area contributed by atoms with Crippen molar-refractivity contribution in [2.45, 2.75) is 18.2 Å². The first-order valence-corrected chi connectivity index (χ1v) is 2.10. The molecule has 0 saturated carbocycles. The van der Waals surface area contributed by atoms with E-state index in [2.05, 4.69) is 0 Å². The Bertz CT molecular complexity index is 294. The number of carbonyl (C=O) groups is 1. The summed E-state index contributed by atoms with van der Waals surface area (Å²) < 4.78 is 39.9. The molecule has 0 aromatic carbocycles. The van der Waals surface area contributed by atoms with E-state index in [1.54, 1.807) is 0 Å². The first-order chi connectivity index (χ1) is 6.69. The molecule has 0 spiro atoms. The lowest BCUT2D eigenvalue weighted by Gasteiger charge is -2.16. The quantitative estimate of drug-likeness (QED) is 0.331. The summed E-state index contributed by atoms with van der Waals surface area (Å²) in [7, 11) is 0. The third kappa shape index (κ3) is 2.40. The zero-order valence-corrected chi connectivity index (χ0v) is 4.70. The molecule has 0 rings (SSSR count). The number of hydrogen-bond acceptors (Lipinski definition) is 5. The molecule has 3 atom stereocenters. The minimum Gasteiger partial charge on any atom is -0.394 e. The molecule has 0 aliphatic carbocycles. The first-order valence-electron chi connectivity index (χ1n) is 5.10. The molecule has 0 amide bonds. The third-order valence-electron chi connectivity index (χ3n) is 0.651. The second-order valence-electron chi connectivity index (χ2n) is 1.26. The van der Waals surface area contributed by atoms with Crippen LogP contribution in [0.3, 0.4) is 0 Å². The molecular weight excluding hydrogens is 140 g/mol. The smallest absolute Gasteiger partial charge is 0.151 e. The fraction of sp³-hybridized carbons (Fsp3) is 0.800. The highest BCUT2D eigenvalue weighted by molar-refractivity contribution is 5.56. The highest BCUT2D eigenvalue weighted by Crippen LogP contribution is 1.96. The van der Waals surface area contributed by atoms with Crippen molar-refractivity contribution in [3.8, 4) is 0 Å². The van der Waals surface area contributed by atoms with Crippen molar-refractivity contribution in [3.63, 3.8) is 0 Å². The molecular formula is C5H10O5. The molecule has 0 heterocycles. The molecule has 0 aromatic heterocycles. The molecule has 0 aromatic rings. The summed E-state index contributed by atoms with van der Waals surface area (Å²) in [5, 5.41) is 35.8. The predicted octanol–water partition coefficient (Wildman–Crippen LogP) is -2.74. The Balaban J connectivity index is 5.62. The molecule has 0 aliphatic heterocycles. The Labute approximate surface area is 66.0 Å². The van der Waals surface area contributed by atoms with Crippen LogP contribution >= 0.6 is 0 Å². The minimum atomic E-state index is -4.17. The van der Waals surface area contributed by atoms with E-state index >= 15 is 0 Å². The largest absolute Gasteiger partial charge is 0.394 e. The van der Waals surface area contributed by atoms with Crippen LogP contribution in [0.1, 0.15) is 8.22 Å². The fourth-order valence-corrected chi connectivity index (χ4v) is 0.213. The van der Waals surface area contributed by atoms with Gasteiger partial charge in [0.15, 0.2) is 6.26 Å². The van der Waals surface area contributed by atoms with Crippen LogP contribution in [-0.2, 0) is 4.79 Å². The second kappa shape index (κ2) is 4.35.